The third kappa shape index (κ3) is 7.81. The normalized spacial score (nSPS) is 15.0. The fourth-order valence-corrected chi connectivity index (χ4v) is 4.07. The van der Waals surface area contributed by atoms with Crippen molar-refractivity contribution in [3.8, 4) is 0 Å². The van der Waals surface area contributed by atoms with Gasteiger partial charge in [-0.05, 0) is 49.4 Å². The second-order valence-corrected chi connectivity index (χ2v) is 9.41. The van der Waals surface area contributed by atoms with Crippen LogP contribution in [0.25, 0.3) is 0 Å². The largest absolute Gasteiger partial charge is 0.326 e. The predicted molar refractivity (Wildman–Crippen MR) is 164 cm³/mol. The van der Waals surface area contributed by atoms with Crippen molar-refractivity contribution >= 4 is 58.1 Å². The predicted octanol–water partition coefficient (Wildman–Crippen LogP) is 4.73. The molecule has 2 heterocycles. The molecule has 42 heavy (non-hydrogen) atoms. The van der Waals surface area contributed by atoms with Crippen molar-refractivity contribution in [3.05, 3.63) is 90.5 Å². The van der Waals surface area contributed by atoms with E-state index in [4.69, 9.17) is 0 Å². The lowest BCUT2D eigenvalue weighted by atomic mass is 10.2. The highest BCUT2D eigenvalue weighted by molar-refractivity contribution is 6.18. The second-order valence-electron chi connectivity index (χ2n) is 9.41. The van der Waals surface area contributed by atoms with Gasteiger partial charge in [0, 0.05) is 36.7 Å². The molecule has 5 rings (SSSR count). The van der Waals surface area contributed by atoms with Crippen molar-refractivity contribution in [2.24, 2.45) is 15.2 Å². The molecule has 0 radical (unpaired) electrons. The number of rotatable bonds is 5. The molecule has 4 amide bonds. The molecule has 0 unspecified atom stereocenters. The number of hydrazone groups is 2. The topological polar surface area (TPSA) is 136 Å². The van der Waals surface area contributed by atoms with Crippen molar-refractivity contribution in [3.63, 3.8) is 0 Å². The summed E-state index contributed by atoms with van der Waals surface area (Å²) in [6, 6.07) is 25.3. The molecule has 0 aliphatic carbocycles. The minimum absolute atomic E-state index is 0.0207. The minimum atomic E-state index is -0.390. The van der Waals surface area contributed by atoms with E-state index < -0.39 is 0 Å². The number of hydrogen-bond donors (Lipinski definition) is 2. The van der Waals surface area contributed by atoms with E-state index in [1.165, 1.54) is 11.9 Å². The van der Waals surface area contributed by atoms with E-state index >= 15 is 0 Å². The van der Waals surface area contributed by atoms with Gasteiger partial charge in [0.05, 0.1) is 17.8 Å². The van der Waals surface area contributed by atoms with Gasteiger partial charge in [-0.2, -0.15) is 20.2 Å². The summed E-state index contributed by atoms with van der Waals surface area (Å²) in [5, 5.41) is 16.9. The highest BCUT2D eigenvalue weighted by Crippen LogP contribution is 2.21. The zero-order valence-corrected chi connectivity index (χ0v) is 23.6. The number of para-hydroxylation sites is 2. The second kappa shape index (κ2) is 13.8. The zero-order valence-electron chi connectivity index (χ0n) is 23.6. The number of amides is 4. The molecule has 214 valence electrons. The fourth-order valence-electron chi connectivity index (χ4n) is 4.07. The van der Waals surface area contributed by atoms with Crippen LogP contribution in [-0.4, -0.2) is 41.0 Å². The van der Waals surface area contributed by atoms with Crippen molar-refractivity contribution < 1.29 is 19.2 Å². The fraction of sp³-hybridized carbons (Fsp3) is 0.194. The Bertz CT molecular complexity index is 1570. The van der Waals surface area contributed by atoms with Gasteiger partial charge in [0.2, 0.25) is 11.8 Å². The van der Waals surface area contributed by atoms with Crippen LogP contribution in [0.2, 0.25) is 0 Å². The van der Waals surface area contributed by atoms with Crippen molar-refractivity contribution in [2.45, 2.75) is 40.0 Å². The molecule has 11 nitrogen and oxygen atoms in total. The summed E-state index contributed by atoms with van der Waals surface area (Å²) in [7, 11) is 0. The van der Waals surface area contributed by atoms with Crippen molar-refractivity contribution in [1.82, 2.24) is 5.32 Å². The zero-order chi connectivity index (χ0) is 30.1. The van der Waals surface area contributed by atoms with E-state index in [1.54, 1.807) is 48.3 Å². The summed E-state index contributed by atoms with van der Waals surface area (Å²) in [4.78, 5) is 51.0. The Hall–Kier alpha value is -5.45. The van der Waals surface area contributed by atoms with E-state index in [-0.39, 0.29) is 35.9 Å². The van der Waals surface area contributed by atoms with Gasteiger partial charge in [-0.1, -0.05) is 49.4 Å². The third-order valence-electron chi connectivity index (χ3n) is 5.98. The number of nitrogens with one attached hydrogen (secondary N) is 2. The first-order valence-corrected chi connectivity index (χ1v) is 13.4. The van der Waals surface area contributed by atoms with Gasteiger partial charge in [0.1, 0.15) is 11.7 Å². The number of carbonyl (C=O) groups is 4. The lowest BCUT2D eigenvalue weighted by Crippen LogP contribution is -2.29. The van der Waals surface area contributed by atoms with Crippen LogP contribution in [0, 0.1) is 0 Å². The monoisotopic (exact) mass is 565 g/mol. The molecular formula is C31H31N7O4. The third-order valence-corrected chi connectivity index (χ3v) is 5.98. The number of amidine groups is 2. The summed E-state index contributed by atoms with van der Waals surface area (Å²) >= 11 is 0. The average molecular weight is 566 g/mol. The first-order chi connectivity index (χ1) is 20.2. The molecule has 0 bridgehead atoms. The maximum Gasteiger partial charge on any atom is 0.256 e. The molecular weight excluding hydrogens is 534 g/mol. The highest BCUT2D eigenvalue weighted by Gasteiger charge is 2.26. The lowest BCUT2D eigenvalue weighted by molar-refractivity contribution is -0.117. The molecule has 0 atom stereocenters. The summed E-state index contributed by atoms with van der Waals surface area (Å²) in [5.74, 6) is 0.0465. The summed E-state index contributed by atoms with van der Waals surface area (Å²) in [6.07, 6.45) is 1.01. The van der Waals surface area contributed by atoms with Gasteiger partial charge < -0.3 is 10.6 Å². The number of nitrogens with zero attached hydrogens (tertiary/aromatic N) is 5. The van der Waals surface area contributed by atoms with Crippen LogP contribution in [0.15, 0.2) is 100 Å². The first-order valence-electron chi connectivity index (χ1n) is 13.4. The Morgan fingerprint density at radius 3 is 2.10 bits per heavy atom. The average Bonchev–Trinajstić information content (AvgIpc) is 3.54. The number of benzene rings is 3. The maximum absolute atomic E-state index is 12.4. The van der Waals surface area contributed by atoms with Crippen LogP contribution in [0.1, 0.15) is 50.4 Å². The summed E-state index contributed by atoms with van der Waals surface area (Å²) in [5.41, 5.74) is 3.45. The Kier molecular flexibility index (Phi) is 9.67. The van der Waals surface area contributed by atoms with Crippen molar-refractivity contribution in [1.29, 1.82) is 0 Å². The quantitative estimate of drug-likeness (QED) is 0.461. The van der Waals surface area contributed by atoms with Gasteiger partial charge in [0.15, 0.2) is 0 Å². The molecule has 11 heteroatoms. The van der Waals surface area contributed by atoms with Gasteiger partial charge in [-0.3, -0.25) is 19.2 Å². The van der Waals surface area contributed by atoms with Crippen LogP contribution in [0.4, 0.5) is 17.1 Å². The number of carbonyl (C=O) groups excluding carboxylic acids is 4. The van der Waals surface area contributed by atoms with Crippen LogP contribution in [0.3, 0.4) is 0 Å². The number of aliphatic imine (C=N–C) groups is 1. The van der Waals surface area contributed by atoms with Crippen LogP contribution in [-0.2, 0) is 14.4 Å². The van der Waals surface area contributed by atoms with Gasteiger partial charge in [0.25, 0.3) is 11.8 Å². The van der Waals surface area contributed by atoms with Crippen LogP contribution < -0.4 is 20.7 Å². The summed E-state index contributed by atoms with van der Waals surface area (Å²) in [6.45, 7) is 5.13. The molecule has 2 N–H and O–H groups in total. The Morgan fingerprint density at radius 2 is 1.48 bits per heavy atom. The van der Waals surface area contributed by atoms with E-state index in [1.807, 2.05) is 55.5 Å². The van der Waals surface area contributed by atoms with E-state index in [0.29, 0.717) is 35.6 Å². The molecule has 0 saturated carbocycles. The molecule has 0 aromatic heterocycles. The molecule has 2 aliphatic heterocycles. The van der Waals surface area contributed by atoms with Crippen LogP contribution in [0.5, 0.6) is 0 Å². The van der Waals surface area contributed by atoms with Crippen molar-refractivity contribution in [2.75, 3.05) is 15.3 Å². The molecule has 0 spiro atoms. The Labute approximate surface area is 243 Å². The smallest absolute Gasteiger partial charge is 0.256 e. The summed E-state index contributed by atoms with van der Waals surface area (Å²) < 4.78 is 0. The molecule has 0 fully saturated rings. The molecule has 2 aliphatic rings. The molecule has 0 saturated heterocycles. The van der Waals surface area contributed by atoms with E-state index in [2.05, 4.69) is 25.8 Å². The minimum Gasteiger partial charge on any atom is -0.326 e. The lowest BCUT2D eigenvalue weighted by Gasteiger charge is -2.14. The maximum atomic E-state index is 12.4. The van der Waals surface area contributed by atoms with Gasteiger partial charge in [-0.15, -0.1) is 0 Å². The highest BCUT2D eigenvalue weighted by atomic mass is 16.2. The number of hydrogen-bond acceptors (Lipinski definition) is 6. The van der Waals surface area contributed by atoms with Crippen LogP contribution >= 0.6 is 0 Å². The standard InChI is InChI=1S/C19H18N4O3.C12H13N3O/c1-2-17(24)20-14-8-6-7-13(11-14)19(26)21-16-12-18(25)23(22-16)15-9-4-3-5-10-15;1-9-8-12(13-10(2)16)15(14-9)11-6-4-3-5-7-11/h3-11H,2,12H2,1H3,(H,20,24)(H,21,22,26);3-7H,8H2,1-2H3. The molecule has 3 aromatic rings. The van der Waals surface area contributed by atoms with Gasteiger partial charge in [-0.25, -0.2) is 5.01 Å². The Balaban J connectivity index is 0.000000216. The van der Waals surface area contributed by atoms with Gasteiger partial charge >= 0.3 is 0 Å². The van der Waals surface area contributed by atoms with E-state index in [9.17, 15) is 19.2 Å². The SMILES string of the molecule is CC(=O)N=C1CC(C)=NN1c1ccccc1.CCC(=O)Nc1cccc(C(=O)NC2=NN(c3ccccc3)C(=O)C2)c1. The first kappa shape index (κ1) is 29.5. The molecule has 3 aromatic carbocycles. The van der Waals surface area contributed by atoms with E-state index in [0.717, 1.165) is 11.4 Å². The number of anilines is 3. The Morgan fingerprint density at radius 1 is 0.833 bits per heavy atom.